The second kappa shape index (κ2) is 14.0. The summed E-state index contributed by atoms with van der Waals surface area (Å²) in [7, 11) is 0. The molecule has 160 valence electrons. The van der Waals surface area contributed by atoms with Crippen molar-refractivity contribution in [3.05, 3.63) is 0 Å². The molecule has 5 nitrogen and oxygen atoms in total. The highest BCUT2D eigenvalue weighted by atomic mass is 16.5. The van der Waals surface area contributed by atoms with Crippen molar-refractivity contribution in [2.24, 2.45) is 11.5 Å². The zero-order valence-electron chi connectivity index (χ0n) is 18.3. The van der Waals surface area contributed by atoms with Crippen LogP contribution in [0.5, 0.6) is 0 Å². The number of rotatable bonds is 18. The topological polar surface area (TPSA) is 95.4 Å². The molecule has 0 heterocycles. The Labute approximate surface area is 167 Å². The van der Waals surface area contributed by atoms with E-state index in [9.17, 15) is 9.59 Å². The fourth-order valence-electron chi connectivity index (χ4n) is 3.43. The lowest BCUT2D eigenvalue weighted by Gasteiger charge is -2.37. The van der Waals surface area contributed by atoms with Gasteiger partial charge in [-0.25, -0.2) is 0 Å². The quantitative estimate of drug-likeness (QED) is 0.326. The fourth-order valence-corrected chi connectivity index (χ4v) is 3.43. The van der Waals surface area contributed by atoms with E-state index < -0.39 is 23.0 Å². The molecule has 0 aromatic heterocycles. The van der Waals surface area contributed by atoms with Crippen LogP contribution in [0.4, 0.5) is 0 Å². The summed E-state index contributed by atoms with van der Waals surface area (Å²) in [6.45, 7) is 7.77. The number of unbranched alkanes of at least 4 members (excludes halogenated alkanes) is 10. The maximum absolute atomic E-state index is 12.1. The van der Waals surface area contributed by atoms with Gasteiger partial charge in [0.05, 0.1) is 0 Å². The first-order valence-corrected chi connectivity index (χ1v) is 11.0. The smallest absolute Gasteiger partial charge is 0.249 e. The number of hydrogen-bond acceptors (Lipinski definition) is 3. The summed E-state index contributed by atoms with van der Waals surface area (Å²) in [6.07, 6.45) is 14.4. The Morgan fingerprint density at radius 1 is 0.630 bits per heavy atom. The standard InChI is InChI=1S/C22H44N2O3/c1-5-7-9-11-13-15-17-21(3,19(23)25)27-22(4,20(24)26)18-16-14-12-10-8-6-2/h5-18H2,1-4H3,(H2,23,25)(H2,24,26). The minimum Gasteiger partial charge on any atom is -0.367 e. The zero-order valence-corrected chi connectivity index (χ0v) is 18.3. The van der Waals surface area contributed by atoms with Gasteiger partial charge in [0.2, 0.25) is 11.8 Å². The number of primary amides is 2. The van der Waals surface area contributed by atoms with Crippen LogP contribution in [0, 0.1) is 0 Å². The molecular weight excluding hydrogens is 340 g/mol. The van der Waals surface area contributed by atoms with Gasteiger partial charge < -0.3 is 16.2 Å². The predicted octanol–water partition coefficient (Wildman–Crippen LogP) is 4.99. The Hall–Kier alpha value is -1.10. The van der Waals surface area contributed by atoms with Gasteiger partial charge in [-0.1, -0.05) is 90.9 Å². The number of ether oxygens (including phenoxy) is 1. The van der Waals surface area contributed by atoms with Crippen molar-refractivity contribution in [3.8, 4) is 0 Å². The molecule has 0 aliphatic carbocycles. The fraction of sp³-hybridized carbons (Fsp3) is 0.909. The molecule has 0 radical (unpaired) electrons. The molecule has 0 aliphatic heterocycles. The van der Waals surface area contributed by atoms with E-state index in [0.717, 1.165) is 38.5 Å². The van der Waals surface area contributed by atoms with Crippen LogP contribution in [0.25, 0.3) is 0 Å². The lowest BCUT2D eigenvalue weighted by atomic mass is 9.91. The predicted molar refractivity (Wildman–Crippen MR) is 112 cm³/mol. The summed E-state index contributed by atoms with van der Waals surface area (Å²) < 4.78 is 6.05. The molecule has 2 amide bonds. The van der Waals surface area contributed by atoms with Crippen molar-refractivity contribution >= 4 is 11.8 Å². The van der Waals surface area contributed by atoms with Crippen LogP contribution < -0.4 is 11.5 Å². The van der Waals surface area contributed by atoms with Crippen molar-refractivity contribution in [3.63, 3.8) is 0 Å². The summed E-state index contributed by atoms with van der Waals surface area (Å²) in [4.78, 5) is 24.2. The molecule has 0 spiro atoms. The van der Waals surface area contributed by atoms with Crippen molar-refractivity contribution in [1.29, 1.82) is 0 Å². The molecule has 0 fully saturated rings. The van der Waals surface area contributed by atoms with Gasteiger partial charge >= 0.3 is 0 Å². The molecule has 5 heteroatoms. The van der Waals surface area contributed by atoms with E-state index in [2.05, 4.69) is 13.8 Å². The SMILES string of the molecule is CCCCCCCCC(C)(OC(C)(CCCCCCCC)C(N)=O)C(N)=O. The van der Waals surface area contributed by atoms with Crippen LogP contribution in [-0.4, -0.2) is 23.0 Å². The molecule has 0 saturated carbocycles. The monoisotopic (exact) mass is 384 g/mol. The normalized spacial score (nSPS) is 15.9. The first kappa shape index (κ1) is 25.9. The van der Waals surface area contributed by atoms with E-state index in [0.29, 0.717) is 12.8 Å². The van der Waals surface area contributed by atoms with E-state index in [1.165, 1.54) is 38.5 Å². The Balaban J connectivity index is 4.65. The lowest BCUT2D eigenvalue weighted by molar-refractivity contribution is -0.178. The number of nitrogens with two attached hydrogens (primary N) is 2. The summed E-state index contributed by atoms with van der Waals surface area (Å²) in [6, 6.07) is 0. The molecule has 0 aromatic rings. The third kappa shape index (κ3) is 10.7. The van der Waals surface area contributed by atoms with Crippen molar-refractivity contribution in [2.75, 3.05) is 0 Å². The minimum atomic E-state index is -1.16. The summed E-state index contributed by atoms with van der Waals surface area (Å²) in [5, 5.41) is 0. The Kier molecular flexibility index (Phi) is 13.4. The Bertz CT molecular complexity index is 390. The highest BCUT2D eigenvalue weighted by Gasteiger charge is 2.43. The highest BCUT2D eigenvalue weighted by Crippen LogP contribution is 2.30. The van der Waals surface area contributed by atoms with Crippen LogP contribution in [0.1, 0.15) is 118 Å². The average Bonchev–Trinajstić information content (AvgIpc) is 2.60. The van der Waals surface area contributed by atoms with Crippen LogP contribution in [0.15, 0.2) is 0 Å². The van der Waals surface area contributed by atoms with Gasteiger partial charge in [-0.05, 0) is 26.7 Å². The molecular formula is C22H44N2O3. The molecule has 0 aliphatic rings. The third-order valence-electron chi connectivity index (χ3n) is 5.51. The number of amides is 2. The molecule has 0 bridgehead atoms. The van der Waals surface area contributed by atoms with Crippen molar-refractivity contribution < 1.29 is 14.3 Å². The van der Waals surface area contributed by atoms with E-state index in [1.54, 1.807) is 13.8 Å². The molecule has 2 unspecified atom stereocenters. The molecule has 0 aromatic carbocycles. The van der Waals surface area contributed by atoms with Gasteiger partial charge in [0.15, 0.2) is 0 Å². The maximum atomic E-state index is 12.1. The van der Waals surface area contributed by atoms with Gasteiger partial charge in [0.1, 0.15) is 11.2 Å². The van der Waals surface area contributed by atoms with E-state index in [4.69, 9.17) is 16.2 Å². The van der Waals surface area contributed by atoms with Crippen molar-refractivity contribution in [1.82, 2.24) is 0 Å². The van der Waals surface area contributed by atoms with Gasteiger partial charge in [-0.2, -0.15) is 0 Å². The van der Waals surface area contributed by atoms with E-state index >= 15 is 0 Å². The summed E-state index contributed by atoms with van der Waals surface area (Å²) >= 11 is 0. The first-order chi connectivity index (χ1) is 12.7. The second-order valence-corrected chi connectivity index (χ2v) is 8.33. The van der Waals surface area contributed by atoms with Crippen molar-refractivity contribution in [2.45, 2.75) is 129 Å². The van der Waals surface area contributed by atoms with E-state index in [-0.39, 0.29) is 0 Å². The number of hydrogen-bond donors (Lipinski definition) is 2. The van der Waals surface area contributed by atoms with Crippen LogP contribution in [-0.2, 0) is 14.3 Å². The van der Waals surface area contributed by atoms with Gasteiger partial charge in [0.25, 0.3) is 0 Å². The maximum Gasteiger partial charge on any atom is 0.249 e. The summed E-state index contributed by atoms with van der Waals surface area (Å²) in [5.41, 5.74) is 8.96. The van der Waals surface area contributed by atoms with Gasteiger partial charge in [-0.15, -0.1) is 0 Å². The highest BCUT2D eigenvalue weighted by molar-refractivity contribution is 5.86. The number of carbonyl (C=O) groups excluding carboxylic acids is 2. The van der Waals surface area contributed by atoms with Crippen LogP contribution in [0.3, 0.4) is 0 Å². The van der Waals surface area contributed by atoms with Gasteiger partial charge in [0, 0.05) is 0 Å². The Morgan fingerprint density at radius 3 is 1.22 bits per heavy atom. The molecule has 2 atom stereocenters. The minimum absolute atomic E-state index is 0.522. The third-order valence-corrected chi connectivity index (χ3v) is 5.51. The summed E-state index contributed by atoms with van der Waals surface area (Å²) in [5.74, 6) is -1.04. The molecule has 0 rings (SSSR count). The zero-order chi connectivity index (χ0) is 20.8. The van der Waals surface area contributed by atoms with Gasteiger partial charge in [-0.3, -0.25) is 9.59 Å². The molecule has 27 heavy (non-hydrogen) atoms. The Morgan fingerprint density at radius 2 is 0.926 bits per heavy atom. The van der Waals surface area contributed by atoms with E-state index in [1.807, 2.05) is 0 Å². The van der Waals surface area contributed by atoms with Crippen LogP contribution in [0.2, 0.25) is 0 Å². The second-order valence-electron chi connectivity index (χ2n) is 8.33. The number of carbonyl (C=O) groups is 2. The van der Waals surface area contributed by atoms with Crippen LogP contribution >= 0.6 is 0 Å². The average molecular weight is 385 g/mol. The largest absolute Gasteiger partial charge is 0.367 e. The first-order valence-electron chi connectivity index (χ1n) is 11.0. The lowest BCUT2D eigenvalue weighted by Crippen LogP contribution is -2.54. The molecule has 4 N–H and O–H groups in total. The molecule has 0 saturated heterocycles.